The first-order valence-corrected chi connectivity index (χ1v) is 30.2. The summed E-state index contributed by atoms with van der Waals surface area (Å²) < 4.78 is 51.0. The highest BCUT2D eigenvalue weighted by Crippen LogP contribution is 2.43. The first-order chi connectivity index (χ1) is 36.7. The third-order valence-corrected chi connectivity index (χ3v) is 14.9. The number of hydrogen-bond acceptors (Lipinski definition) is 8. The summed E-state index contributed by atoms with van der Waals surface area (Å²) >= 11 is 0. The van der Waals surface area contributed by atoms with Crippen molar-refractivity contribution in [3.05, 3.63) is 64.7 Å². The van der Waals surface area contributed by atoms with Gasteiger partial charge in [0.2, 0.25) is 5.91 Å². The number of aryl methyl sites for hydroxylation is 2. The van der Waals surface area contributed by atoms with Crippen molar-refractivity contribution in [2.75, 3.05) is 39.9 Å². The van der Waals surface area contributed by atoms with Gasteiger partial charge in [0.25, 0.3) is 0 Å². The maximum atomic E-state index is 15.9. The lowest BCUT2D eigenvalue weighted by Gasteiger charge is -2.34. The fourth-order valence-corrected chi connectivity index (χ4v) is 10.7. The Kier molecular flexibility index (Phi) is 33.9. The van der Waals surface area contributed by atoms with Crippen molar-refractivity contribution >= 4 is 42.1 Å². The van der Waals surface area contributed by atoms with Crippen LogP contribution >= 0.6 is 0 Å². The van der Waals surface area contributed by atoms with Gasteiger partial charge in [-0.2, -0.15) is 0 Å². The predicted octanol–water partition coefficient (Wildman–Crippen LogP) is 15.2. The van der Waals surface area contributed by atoms with E-state index >= 15 is 8.63 Å². The molecule has 0 spiro atoms. The van der Waals surface area contributed by atoms with Crippen molar-refractivity contribution < 1.29 is 46.5 Å². The summed E-state index contributed by atoms with van der Waals surface area (Å²) in [6, 6.07) is 1.81. The van der Waals surface area contributed by atoms with Crippen LogP contribution in [0.2, 0.25) is 0 Å². The number of unbranched alkanes of at least 4 members (excludes halogenated alkanes) is 19. The molecule has 0 saturated carbocycles. The van der Waals surface area contributed by atoms with Gasteiger partial charge in [0.1, 0.15) is 25.0 Å². The normalized spacial score (nSPS) is 14.5. The average Bonchev–Trinajstić information content (AvgIpc) is 3.91. The minimum Gasteiger partial charge on any atom is -0.462 e. The Morgan fingerprint density at radius 1 is 0.645 bits per heavy atom. The van der Waals surface area contributed by atoms with E-state index in [1.165, 1.54) is 60.3 Å². The highest BCUT2D eigenvalue weighted by Gasteiger charge is 2.54. The Morgan fingerprint density at radius 3 is 1.75 bits per heavy atom. The molecule has 76 heavy (non-hydrogen) atoms. The second kappa shape index (κ2) is 39.1. The zero-order valence-electron chi connectivity index (χ0n) is 48.7. The SMILES string of the molecule is CCCCCCC=CCOC(=O)CCCCCCCC(CCCCCCCC(=O)OCC=CCCCCCC)OC(=O)CCCN(C)CCCCCCNC(=O)CCC1=C2C(C)=CC(C)=[N+]2[B-](F)(F)n2c(C)cc(C)c21. The van der Waals surface area contributed by atoms with Gasteiger partial charge in [0.15, 0.2) is 5.70 Å². The number of aromatic nitrogens is 1. The number of nitrogens with one attached hydrogen (secondary N) is 1. The smallest absolute Gasteiger partial charge is 0.462 e. The predicted molar refractivity (Wildman–Crippen MR) is 309 cm³/mol. The molecule has 3 heterocycles. The lowest BCUT2D eigenvalue weighted by Crippen LogP contribution is -2.51. The Balaban J connectivity index is 1.30. The summed E-state index contributed by atoms with van der Waals surface area (Å²) in [6.07, 6.45) is 39.8. The highest BCUT2D eigenvalue weighted by molar-refractivity contribution is 6.58. The maximum absolute atomic E-state index is 15.9. The average molecular weight is 1070 g/mol. The van der Waals surface area contributed by atoms with E-state index in [1.807, 2.05) is 38.1 Å². The monoisotopic (exact) mass is 1060 g/mol. The molecule has 1 aromatic heterocycles. The second-order valence-electron chi connectivity index (χ2n) is 21.8. The summed E-state index contributed by atoms with van der Waals surface area (Å²) in [6.45, 7) is 10.6. The molecule has 0 unspecified atom stereocenters. The van der Waals surface area contributed by atoms with E-state index in [1.54, 1.807) is 13.8 Å². The number of carbonyl (C=O) groups excluding carboxylic acids is 4. The zero-order chi connectivity index (χ0) is 55.4. The molecule has 3 rings (SSSR count). The fraction of sp³-hybridized carbons (Fsp3) is 0.726. The standard InChI is InChI=1S/C62H103BF2N4O7/c1-8-10-12-14-16-26-34-47-74-58(71)39-30-22-18-20-28-37-55(38-29-21-19-23-31-40-59(72)75-48-35-27-17-15-13-11-9-2)76-60(73)41-36-46-67(7)45-33-25-24-32-44-66-57(70)43-42-56-61-51(3)49-53(5)68(61)63(64,65)69-54(6)50-52(4)62(56)69/h26-27,34-35,49-50,55H,8-25,28-33,36-48H2,1-7H3,(H,66,70). The van der Waals surface area contributed by atoms with Gasteiger partial charge in [0.05, 0.1) is 0 Å². The minimum absolute atomic E-state index is 0.0657. The summed E-state index contributed by atoms with van der Waals surface area (Å²) in [5.74, 6) is -0.458. The van der Waals surface area contributed by atoms with Gasteiger partial charge < -0.3 is 42.0 Å². The van der Waals surface area contributed by atoms with E-state index in [9.17, 15) is 19.2 Å². The van der Waals surface area contributed by atoms with Crippen LogP contribution in [0.25, 0.3) is 5.57 Å². The fourth-order valence-electron chi connectivity index (χ4n) is 10.7. The van der Waals surface area contributed by atoms with Crippen molar-refractivity contribution in [3.8, 4) is 0 Å². The molecule has 2 aliphatic rings. The van der Waals surface area contributed by atoms with E-state index in [2.05, 4.69) is 43.3 Å². The van der Waals surface area contributed by atoms with Crippen LogP contribution in [0.5, 0.6) is 0 Å². The molecule has 430 valence electrons. The number of esters is 3. The molecule has 0 bridgehead atoms. The first-order valence-electron chi connectivity index (χ1n) is 30.2. The van der Waals surface area contributed by atoms with Crippen LogP contribution in [0.15, 0.2) is 47.7 Å². The Morgan fingerprint density at radius 2 is 1.16 bits per heavy atom. The van der Waals surface area contributed by atoms with E-state index in [0.29, 0.717) is 68.2 Å². The highest BCUT2D eigenvalue weighted by atomic mass is 19.2. The van der Waals surface area contributed by atoms with Crippen molar-refractivity contribution in [3.63, 3.8) is 0 Å². The number of halogens is 2. The first kappa shape index (κ1) is 66.0. The summed E-state index contributed by atoms with van der Waals surface area (Å²) in [7, 11) is 2.09. The third kappa shape index (κ3) is 25.9. The molecule has 11 nitrogen and oxygen atoms in total. The second-order valence-corrected chi connectivity index (χ2v) is 21.8. The molecule has 0 radical (unpaired) electrons. The molecule has 14 heteroatoms. The molecule has 0 aromatic carbocycles. The van der Waals surface area contributed by atoms with Gasteiger partial charge in [-0.05, 0) is 148 Å². The van der Waals surface area contributed by atoms with Gasteiger partial charge >= 0.3 is 24.9 Å². The van der Waals surface area contributed by atoms with E-state index in [-0.39, 0.29) is 36.3 Å². The molecule has 0 fully saturated rings. The Labute approximate surface area is 459 Å². The van der Waals surface area contributed by atoms with Crippen LogP contribution in [0.4, 0.5) is 8.63 Å². The van der Waals surface area contributed by atoms with E-state index in [4.69, 9.17) is 14.2 Å². The van der Waals surface area contributed by atoms with E-state index in [0.717, 1.165) is 152 Å². The lowest BCUT2D eigenvalue weighted by molar-refractivity contribution is -0.363. The largest absolute Gasteiger partial charge is 0.737 e. The van der Waals surface area contributed by atoms with E-state index < -0.39 is 6.97 Å². The minimum atomic E-state index is -4.02. The molecule has 0 saturated heterocycles. The van der Waals surface area contributed by atoms with Gasteiger partial charge in [0, 0.05) is 62.1 Å². The number of rotatable bonds is 45. The van der Waals surface area contributed by atoms with Gasteiger partial charge in [-0.25, -0.2) is 0 Å². The van der Waals surface area contributed by atoms with Gasteiger partial charge in [-0.1, -0.05) is 128 Å². The molecule has 1 amide bonds. The molecule has 1 aromatic rings. The number of allylic oxidation sites excluding steroid dienone is 5. The van der Waals surface area contributed by atoms with Crippen LogP contribution < -0.4 is 5.32 Å². The molecule has 1 N–H and O–H groups in total. The summed E-state index contributed by atoms with van der Waals surface area (Å²) in [5, 5.41) is 3.06. The summed E-state index contributed by atoms with van der Waals surface area (Å²) in [4.78, 5) is 52.7. The Bertz CT molecular complexity index is 1990. The van der Waals surface area contributed by atoms with Crippen LogP contribution in [-0.2, 0) is 33.4 Å². The van der Waals surface area contributed by atoms with Crippen molar-refractivity contribution in [2.45, 2.75) is 253 Å². The maximum Gasteiger partial charge on any atom is 0.737 e. The van der Waals surface area contributed by atoms with Crippen LogP contribution in [-0.4, -0.2) is 96.4 Å². The van der Waals surface area contributed by atoms with Crippen LogP contribution in [0.3, 0.4) is 0 Å². The molecular weight excluding hydrogens is 962 g/mol. The molecule has 0 atom stereocenters. The number of hydrogen-bond donors (Lipinski definition) is 1. The third-order valence-electron chi connectivity index (χ3n) is 14.9. The lowest BCUT2D eigenvalue weighted by atomic mass is 9.84. The number of nitrogens with zero attached hydrogens (tertiary/aromatic N) is 3. The molecule has 2 aliphatic heterocycles. The van der Waals surface area contributed by atoms with Gasteiger partial charge in [-0.3, -0.25) is 19.2 Å². The molecular formula is C62H103BF2N4O7. The number of amides is 1. The summed E-state index contributed by atoms with van der Waals surface area (Å²) in [5.41, 5.74) is 4.56. The number of ether oxygens (including phenoxy) is 3. The Hall–Kier alpha value is -4.33. The topological polar surface area (TPSA) is 119 Å². The van der Waals surface area contributed by atoms with Crippen LogP contribution in [0, 0.1) is 13.8 Å². The van der Waals surface area contributed by atoms with Crippen LogP contribution in [0.1, 0.15) is 250 Å². The van der Waals surface area contributed by atoms with Gasteiger partial charge in [-0.15, -0.1) is 0 Å². The van der Waals surface area contributed by atoms with Crippen molar-refractivity contribution in [2.24, 2.45) is 0 Å². The van der Waals surface area contributed by atoms with Crippen molar-refractivity contribution in [1.82, 2.24) is 14.7 Å². The number of carbonyl (C=O) groups is 4. The quantitative estimate of drug-likeness (QED) is 0.0226. The zero-order valence-corrected chi connectivity index (χ0v) is 48.7. The molecule has 0 aliphatic carbocycles. The number of fused-ring (bicyclic) bond motifs is 2. The van der Waals surface area contributed by atoms with Crippen molar-refractivity contribution in [1.29, 1.82) is 0 Å².